The highest BCUT2D eigenvalue weighted by molar-refractivity contribution is 6.17. The Hall–Kier alpha value is -2.55. The second-order valence-corrected chi connectivity index (χ2v) is 11.3. The molecule has 0 saturated carbocycles. The number of furan rings is 1. The molecule has 2 heterocycles. The summed E-state index contributed by atoms with van der Waals surface area (Å²) < 4.78 is 6.32. The summed E-state index contributed by atoms with van der Waals surface area (Å²) >= 11 is 0. The predicted octanol–water partition coefficient (Wildman–Crippen LogP) is 10.7. The number of hydrogen-bond acceptors (Lipinski definition) is 2. The number of pyridine rings is 1. The third-order valence-electron chi connectivity index (χ3n) is 8.15. The zero-order valence-electron chi connectivity index (χ0n) is 23.5. The van der Waals surface area contributed by atoms with Crippen LogP contribution in [0.15, 0.2) is 45.6 Å². The van der Waals surface area contributed by atoms with E-state index in [9.17, 15) is 4.79 Å². The number of aromatic nitrogens is 1. The lowest BCUT2D eigenvalue weighted by Gasteiger charge is -2.13. The van der Waals surface area contributed by atoms with E-state index < -0.39 is 0 Å². The van der Waals surface area contributed by atoms with Crippen LogP contribution in [0.1, 0.15) is 127 Å². The van der Waals surface area contributed by atoms with Gasteiger partial charge in [0.1, 0.15) is 5.58 Å². The van der Waals surface area contributed by atoms with E-state index in [0.717, 1.165) is 27.1 Å². The van der Waals surface area contributed by atoms with Crippen LogP contribution < -0.4 is 5.56 Å². The normalized spacial score (nSPS) is 12.7. The van der Waals surface area contributed by atoms with Crippen molar-refractivity contribution in [1.29, 1.82) is 0 Å². The summed E-state index contributed by atoms with van der Waals surface area (Å²) in [6.07, 6.45) is 20.6. The highest BCUT2D eigenvalue weighted by Crippen LogP contribution is 2.38. The largest absolute Gasteiger partial charge is 0.439 e. The summed E-state index contributed by atoms with van der Waals surface area (Å²) in [5.74, 6) is 0.429. The van der Waals surface area contributed by atoms with Crippen molar-refractivity contribution in [1.82, 2.24) is 4.98 Å². The topological polar surface area (TPSA) is 46.0 Å². The second kappa shape index (κ2) is 13.8. The molecule has 2 aromatic heterocycles. The molecule has 0 fully saturated rings. The Bertz CT molecular complexity index is 1330. The molecule has 0 amide bonds. The maximum Gasteiger partial charge on any atom is 0.258 e. The lowest BCUT2D eigenvalue weighted by molar-refractivity contribution is 0.523. The van der Waals surface area contributed by atoms with E-state index in [4.69, 9.17) is 4.42 Å². The standard InChI is InChI=1S/C34H47NO2/c1-4-5-6-7-8-9-10-11-12-13-14-15-16-17-20-26(3)29-23-25(2)24-30-31-27-21-18-19-22-28(27)33(36)35-34(31)37-32(29)30/h18-19,21-24,26H,4-17,20H2,1-3H3,(H,35,36). The molecular weight excluding hydrogens is 454 g/mol. The number of aromatic amines is 1. The Morgan fingerprint density at radius 2 is 1.32 bits per heavy atom. The number of rotatable bonds is 16. The minimum atomic E-state index is -0.0871. The molecule has 0 spiro atoms. The molecule has 3 nitrogen and oxygen atoms in total. The highest BCUT2D eigenvalue weighted by atomic mass is 16.3. The van der Waals surface area contributed by atoms with Gasteiger partial charge in [-0.1, -0.05) is 128 Å². The van der Waals surface area contributed by atoms with Crippen molar-refractivity contribution in [2.45, 2.75) is 123 Å². The summed E-state index contributed by atoms with van der Waals surface area (Å²) in [5.41, 5.74) is 3.95. The van der Waals surface area contributed by atoms with Gasteiger partial charge in [-0.2, -0.15) is 0 Å². The van der Waals surface area contributed by atoms with Crippen molar-refractivity contribution in [3.63, 3.8) is 0 Å². The highest BCUT2D eigenvalue weighted by Gasteiger charge is 2.19. The molecule has 4 rings (SSSR count). The lowest BCUT2D eigenvalue weighted by atomic mass is 9.91. The SMILES string of the molecule is CCCCCCCCCCCCCCCCC(C)c1cc(C)cc2c1oc1[nH]c(=O)c3ccccc3c12. The zero-order valence-corrected chi connectivity index (χ0v) is 23.5. The van der Waals surface area contributed by atoms with E-state index in [1.165, 1.54) is 107 Å². The van der Waals surface area contributed by atoms with Gasteiger partial charge in [0.15, 0.2) is 0 Å². The first-order chi connectivity index (χ1) is 18.1. The van der Waals surface area contributed by atoms with E-state index >= 15 is 0 Å². The molecule has 0 saturated heterocycles. The predicted molar refractivity (Wildman–Crippen MR) is 160 cm³/mol. The quantitative estimate of drug-likeness (QED) is 0.155. The van der Waals surface area contributed by atoms with Gasteiger partial charge in [-0.25, -0.2) is 0 Å². The van der Waals surface area contributed by atoms with E-state index in [0.29, 0.717) is 11.6 Å². The van der Waals surface area contributed by atoms with Gasteiger partial charge in [-0.3, -0.25) is 9.78 Å². The molecular formula is C34H47NO2. The summed E-state index contributed by atoms with van der Waals surface area (Å²) in [6.45, 7) is 6.77. The van der Waals surface area contributed by atoms with Crippen molar-refractivity contribution >= 4 is 32.8 Å². The van der Waals surface area contributed by atoms with Gasteiger partial charge in [-0.15, -0.1) is 0 Å². The third kappa shape index (κ3) is 7.06. The number of fused-ring (bicyclic) bond motifs is 5. The Morgan fingerprint density at radius 3 is 1.95 bits per heavy atom. The molecule has 1 atom stereocenters. The van der Waals surface area contributed by atoms with Gasteiger partial charge >= 0.3 is 0 Å². The molecule has 0 aliphatic heterocycles. The number of H-pyrrole nitrogens is 1. The Balaban J connectivity index is 1.26. The van der Waals surface area contributed by atoms with Crippen molar-refractivity contribution in [2.75, 3.05) is 0 Å². The molecule has 0 aliphatic carbocycles. The van der Waals surface area contributed by atoms with Crippen LogP contribution in [-0.2, 0) is 0 Å². The molecule has 3 heteroatoms. The Morgan fingerprint density at radius 1 is 0.757 bits per heavy atom. The second-order valence-electron chi connectivity index (χ2n) is 11.3. The van der Waals surface area contributed by atoms with Gasteiger partial charge in [0.25, 0.3) is 5.56 Å². The molecule has 0 aliphatic rings. The molecule has 4 aromatic rings. The maximum absolute atomic E-state index is 12.6. The van der Waals surface area contributed by atoms with Gasteiger partial charge in [0.05, 0.1) is 5.39 Å². The number of aryl methyl sites for hydroxylation is 1. The van der Waals surface area contributed by atoms with Crippen LogP contribution in [0.3, 0.4) is 0 Å². The monoisotopic (exact) mass is 501 g/mol. The fourth-order valence-electron chi connectivity index (χ4n) is 5.97. The maximum atomic E-state index is 12.6. The summed E-state index contributed by atoms with van der Waals surface area (Å²) in [5, 5.41) is 3.83. The number of unbranched alkanes of at least 4 members (excludes halogenated alkanes) is 13. The molecule has 0 radical (unpaired) electrons. The molecule has 2 aromatic carbocycles. The number of hydrogen-bond donors (Lipinski definition) is 1. The van der Waals surface area contributed by atoms with Crippen LogP contribution in [0, 0.1) is 6.92 Å². The molecule has 1 N–H and O–H groups in total. The number of benzene rings is 2. The first kappa shape index (κ1) is 27.5. The van der Waals surface area contributed by atoms with Gasteiger partial charge < -0.3 is 4.42 Å². The van der Waals surface area contributed by atoms with E-state index in [1.54, 1.807) is 0 Å². The Labute approximate surface area is 223 Å². The van der Waals surface area contributed by atoms with Crippen LogP contribution in [0.4, 0.5) is 0 Å². The minimum absolute atomic E-state index is 0.0871. The van der Waals surface area contributed by atoms with Gasteiger partial charge in [0.2, 0.25) is 5.71 Å². The Kier molecular flexibility index (Phi) is 10.3. The fourth-order valence-corrected chi connectivity index (χ4v) is 5.97. The van der Waals surface area contributed by atoms with Crippen LogP contribution in [-0.4, -0.2) is 4.98 Å². The van der Waals surface area contributed by atoms with Crippen LogP contribution in [0.25, 0.3) is 32.8 Å². The van der Waals surface area contributed by atoms with Crippen LogP contribution in [0.2, 0.25) is 0 Å². The van der Waals surface area contributed by atoms with Gasteiger partial charge in [0, 0.05) is 16.2 Å². The van der Waals surface area contributed by atoms with Gasteiger partial charge in [-0.05, 0) is 42.5 Å². The molecule has 37 heavy (non-hydrogen) atoms. The first-order valence-electron chi connectivity index (χ1n) is 15.1. The van der Waals surface area contributed by atoms with Crippen molar-refractivity contribution in [3.05, 3.63) is 57.9 Å². The molecule has 0 bridgehead atoms. The molecule has 1 unspecified atom stereocenters. The first-order valence-corrected chi connectivity index (χ1v) is 15.1. The van der Waals surface area contributed by atoms with E-state index in [2.05, 4.69) is 37.9 Å². The average molecular weight is 502 g/mol. The fraction of sp³-hybridized carbons (Fsp3) is 0.559. The van der Waals surface area contributed by atoms with Crippen molar-refractivity contribution in [2.24, 2.45) is 0 Å². The van der Waals surface area contributed by atoms with Crippen LogP contribution >= 0.6 is 0 Å². The van der Waals surface area contributed by atoms with Crippen LogP contribution in [0.5, 0.6) is 0 Å². The average Bonchev–Trinajstić information content (AvgIpc) is 3.26. The zero-order chi connectivity index (χ0) is 26.0. The summed E-state index contributed by atoms with van der Waals surface area (Å²) in [4.78, 5) is 15.6. The smallest absolute Gasteiger partial charge is 0.258 e. The summed E-state index contributed by atoms with van der Waals surface area (Å²) in [6, 6.07) is 12.3. The lowest BCUT2D eigenvalue weighted by Crippen LogP contribution is -2.04. The third-order valence-corrected chi connectivity index (χ3v) is 8.15. The van der Waals surface area contributed by atoms with Crippen molar-refractivity contribution in [3.8, 4) is 0 Å². The minimum Gasteiger partial charge on any atom is -0.439 e. The number of nitrogens with one attached hydrogen (secondary N) is 1. The van der Waals surface area contributed by atoms with E-state index in [-0.39, 0.29) is 5.56 Å². The summed E-state index contributed by atoms with van der Waals surface area (Å²) in [7, 11) is 0. The van der Waals surface area contributed by atoms with Crippen molar-refractivity contribution < 1.29 is 4.42 Å². The molecule has 200 valence electrons. The van der Waals surface area contributed by atoms with E-state index in [1.807, 2.05) is 24.3 Å².